The second kappa shape index (κ2) is 7.83. The first kappa shape index (κ1) is 20.5. The number of para-hydroxylation sites is 1. The molecule has 1 heterocycles. The predicted octanol–water partition coefficient (Wildman–Crippen LogP) is 2.22. The van der Waals surface area contributed by atoms with Crippen molar-refractivity contribution in [3.05, 3.63) is 29.8 Å². The lowest BCUT2D eigenvalue weighted by Crippen LogP contribution is -2.45. The van der Waals surface area contributed by atoms with Crippen LogP contribution in [0.2, 0.25) is 0 Å². The molecule has 1 unspecified atom stereocenters. The molecule has 1 fully saturated rings. The Bertz CT molecular complexity index is 752. The second-order valence-electron chi connectivity index (χ2n) is 6.31. The molecule has 1 aliphatic heterocycles. The molecular weight excluding hydrogens is 373 g/mol. The number of nitrogens with zero attached hydrogens (tertiary/aromatic N) is 2. The first-order valence-electron chi connectivity index (χ1n) is 8.01. The molecule has 26 heavy (non-hydrogen) atoms. The van der Waals surface area contributed by atoms with E-state index in [1.165, 1.54) is 34.5 Å². The number of piperidine rings is 1. The van der Waals surface area contributed by atoms with Gasteiger partial charge in [0, 0.05) is 32.2 Å². The van der Waals surface area contributed by atoms with Gasteiger partial charge in [-0.1, -0.05) is 18.2 Å². The Morgan fingerprint density at radius 1 is 1.35 bits per heavy atom. The van der Waals surface area contributed by atoms with Gasteiger partial charge in [-0.25, -0.2) is 12.7 Å². The Morgan fingerprint density at radius 2 is 2.00 bits per heavy atom. The molecule has 0 spiro atoms. The first-order chi connectivity index (χ1) is 12.0. The van der Waals surface area contributed by atoms with Gasteiger partial charge in [0.05, 0.1) is 12.2 Å². The normalized spacial score (nSPS) is 19.2. The molecule has 1 aromatic carbocycles. The van der Waals surface area contributed by atoms with E-state index in [4.69, 9.17) is 0 Å². The largest absolute Gasteiger partial charge is 0.573 e. The van der Waals surface area contributed by atoms with Gasteiger partial charge in [-0.3, -0.25) is 4.79 Å². The number of amides is 1. The first-order valence-corrected chi connectivity index (χ1v) is 9.86. The van der Waals surface area contributed by atoms with Crippen LogP contribution >= 0.6 is 0 Å². The molecular formula is C16H21F3N2O4S. The Kier molecular flexibility index (Phi) is 6.17. The average molecular weight is 394 g/mol. The highest BCUT2D eigenvalue weighted by Gasteiger charge is 2.34. The molecule has 10 heteroatoms. The van der Waals surface area contributed by atoms with Crippen LogP contribution in [0.4, 0.5) is 13.2 Å². The van der Waals surface area contributed by atoms with E-state index < -0.39 is 22.3 Å². The fourth-order valence-electron chi connectivity index (χ4n) is 2.95. The third kappa shape index (κ3) is 5.60. The summed E-state index contributed by atoms with van der Waals surface area (Å²) < 4.78 is 66.1. The molecule has 0 aromatic heterocycles. The molecule has 0 N–H and O–H groups in total. The number of ether oxygens (including phenoxy) is 1. The van der Waals surface area contributed by atoms with Crippen molar-refractivity contribution in [1.82, 2.24) is 9.21 Å². The summed E-state index contributed by atoms with van der Waals surface area (Å²) >= 11 is 0. The molecule has 2 rings (SSSR count). The van der Waals surface area contributed by atoms with Crippen molar-refractivity contribution in [2.45, 2.75) is 25.7 Å². The highest BCUT2D eigenvalue weighted by molar-refractivity contribution is 7.88. The number of hydrogen-bond acceptors (Lipinski definition) is 4. The fourth-order valence-corrected chi connectivity index (χ4v) is 3.86. The number of benzene rings is 1. The van der Waals surface area contributed by atoms with Crippen LogP contribution in [0.1, 0.15) is 18.4 Å². The van der Waals surface area contributed by atoms with Crippen molar-refractivity contribution in [1.29, 1.82) is 0 Å². The third-order valence-corrected chi connectivity index (χ3v) is 5.45. The lowest BCUT2D eigenvalue weighted by molar-refractivity contribution is -0.275. The molecule has 0 radical (unpaired) electrons. The standard InChI is InChI=1S/C16H21F3N2O4S/c1-20(10-12-6-3-4-8-14(12)25-16(17,18)19)15(22)13-7-5-9-21(11-13)26(2,23)24/h3-4,6,8,13H,5,7,9-11H2,1-2H3. The SMILES string of the molecule is CN(Cc1ccccc1OC(F)(F)F)C(=O)C1CCCN(S(C)(=O)=O)C1. The number of alkyl halides is 3. The number of sulfonamides is 1. The highest BCUT2D eigenvalue weighted by Crippen LogP contribution is 2.28. The maximum absolute atomic E-state index is 12.6. The zero-order valence-corrected chi connectivity index (χ0v) is 15.3. The molecule has 0 saturated carbocycles. The third-order valence-electron chi connectivity index (χ3n) is 4.18. The van der Waals surface area contributed by atoms with Gasteiger partial charge in [-0.15, -0.1) is 13.2 Å². The van der Waals surface area contributed by atoms with Crippen LogP contribution in [-0.2, 0) is 21.4 Å². The van der Waals surface area contributed by atoms with Crippen molar-refractivity contribution >= 4 is 15.9 Å². The Morgan fingerprint density at radius 3 is 2.62 bits per heavy atom. The van der Waals surface area contributed by atoms with Gasteiger partial charge in [-0.05, 0) is 18.9 Å². The van der Waals surface area contributed by atoms with E-state index in [2.05, 4.69) is 4.74 Å². The maximum Gasteiger partial charge on any atom is 0.573 e. The summed E-state index contributed by atoms with van der Waals surface area (Å²) in [6, 6.07) is 5.61. The Labute approximate surface area is 150 Å². The van der Waals surface area contributed by atoms with Crippen LogP contribution in [0.5, 0.6) is 5.75 Å². The van der Waals surface area contributed by atoms with Gasteiger partial charge in [0.2, 0.25) is 15.9 Å². The van der Waals surface area contributed by atoms with Crippen LogP contribution in [0.15, 0.2) is 24.3 Å². The number of halogens is 3. The molecule has 1 atom stereocenters. The zero-order valence-electron chi connectivity index (χ0n) is 14.5. The molecule has 1 amide bonds. The summed E-state index contributed by atoms with van der Waals surface area (Å²) in [5, 5.41) is 0. The number of carbonyl (C=O) groups is 1. The van der Waals surface area contributed by atoms with E-state index in [0.717, 1.165) is 6.26 Å². The van der Waals surface area contributed by atoms with Crippen molar-refractivity contribution in [3.63, 3.8) is 0 Å². The van der Waals surface area contributed by atoms with Gasteiger partial charge in [0.1, 0.15) is 5.75 Å². The van der Waals surface area contributed by atoms with Gasteiger partial charge >= 0.3 is 6.36 Å². The number of rotatable bonds is 5. The number of carbonyl (C=O) groups excluding carboxylic acids is 1. The molecule has 6 nitrogen and oxygen atoms in total. The molecule has 146 valence electrons. The summed E-state index contributed by atoms with van der Waals surface area (Å²) in [4.78, 5) is 13.9. The van der Waals surface area contributed by atoms with Gasteiger partial charge in [0.25, 0.3) is 0 Å². The minimum Gasteiger partial charge on any atom is -0.405 e. The summed E-state index contributed by atoms with van der Waals surface area (Å²) in [7, 11) is -1.91. The van der Waals surface area contributed by atoms with Crippen molar-refractivity contribution in [2.75, 3.05) is 26.4 Å². The molecule has 1 aliphatic rings. The lowest BCUT2D eigenvalue weighted by Gasteiger charge is -2.32. The van der Waals surface area contributed by atoms with Gasteiger partial charge < -0.3 is 9.64 Å². The fraction of sp³-hybridized carbons (Fsp3) is 0.562. The molecule has 0 bridgehead atoms. The highest BCUT2D eigenvalue weighted by atomic mass is 32.2. The smallest absolute Gasteiger partial charge is 0.405 e. The van der Waals surface area contributed by atoms with Crippen LogP contribution in [-0.4, -0.2) is 56.3 Å². The maximum atomic E-state index is 12.6. The summed E-state index contributed by atoms with van der Waals surface area (Å²) in [6.45, 7) is 0.387. The Balaban J connectivity index is 2.08. The topological polar surface area (TPSA) is 66.9 Å². The number of hydrogen-bond donors (Lipinski definition) is 0. The minimum atomic E-state index is -4.82. The van der Waals surface area contributed by atoms with Crippen molar-refractivity contribution < 1.29 is 31.1 Å². The predicted molar refractivity (Wildman–Crippen MR) is 88.7 cm³/mol. The van der Waals surface area contributed by atoms with Crippen molar-refractivity contribution in [3.8, 4) is 5.75 Å². The van der Waals surface area contributed by atoms with Crippen LogP contribution in [0.3, 0.4) is 0 Å². The van der Waals surface area contributed by atoms with Crippen LogP contribution < -0.4 is 4.74 Å². The molecule has 1 aromatic rings. The van der Waals surface area contributed by atoms with Crippen molar-refractivity contribution in [2.24, 2.45) is 5.92 Å². The zero-order chi connectivity index (χ0) is 19.5. The van der Waals surface area contributed by atoms with E-state index >= 15 is 0 Å². The Hall–Kier alpha value is -1.81. The monoisotopic (exact) mass is 394 g/mol. The minimum absolute atomic E-state index is 0.0690. The molecule has 0 aliphatic carbocycles. The summed E-state index contributed by atoms with van der Waals surface area (Å²) in [6.07, 6.45) is -2.63. The van der Waals surface area contributed by atoms with Crippen LogP contribution in [0.25, 0.3) is 0 Å². The van der Waals surface area contributed by atoms with E-state index in [-0.39, 0.29) is 30.3 Å². The van der Waals surface area contributed by atoms with Crippen LogP contribution in [0, 0.1) is 5.92 Å². The quantitative estimate of drug-likeness (QED) is 0.768. The van der Waals surface area contributed by atoms with E-state index in [9.17, 15) is 26.4 Å². The summed E-state index contributed by atoms with van der Waals surface area (Å²) in [5.74, 6) is -1.18. The average Bonchev–Trinajstić information content (AvgIpc) is 2.54. The van der Waals surface area contributed by atoms with E-state index in [1.807, 2.05) is 0 Å². The van der Waals surface area contributed by atoms with E-state index in [1.54, 1.807) is 6.07 Å². The lowest BCUT2D eigenvalue weighted by atomic mass is 9.98. The second-order valence-corrected chi connectivity index (χ2v) is 8.29. The molecule has 1 saturated heterocycles. The van der Waals surface area contributed by atoms with E-state index in [0.29, 0.717) is 19.4 Å². The van der Waals surface area contributed by atoms with Gasteiger partial charge in [0.15, 0.2) is 0 Å². The summed E-state index contributed by atoms with van der Waals surface area (Å²) in [5.41, 5.74) is 0.219. The van der Waals surface area contributed by atoms with Gasteiger partial charge in [-0.2, -0.15) is 0 Å².